The number of carbonyl (C=O) groups excluding carboxylic acids is 1. The molecule has 0 unspecified atom stereocenters. The van der Waals surface area contributed by atoms with Gasteiger partial charge in [-0.15, -0.1) is 0 Å². The maximum absolute atomic E-state index is 11.7. The normalized spacial score (nSPS) is 11.9. The van der Waals surface area contributed by atoms with Crippen molar-refractivity contribution in [2.24, 2.45) is 11.3 Å². The number of nitrogens with one attached hydrogen (secondary N) is 1. The smallest absolute Gasteiger partial charge is 0.225 e. The van der Waals surface area contributed by atoms with Gasteiger partial charge in [-0.1, -0.05) is 53.9 Å². The molecule has 0 bridgehead atoms. The Bertz CT molecular complexity index is 298. The molecular formula is C20H41NO3. The van der Waals surface area contributed by atoms with Gasteiger partial charge in [0.15, 0.2) is 0 Å². The zero-order valence-electron chi connectivity index (χ0n) is 16.8. The lowest BCUT2D eigenvalue weighted by atomic mass is 9.96. The average molecular weight is 344 g/mol. The summed E-state index contributed by atoms with van der Waals surface area (Å²) < 4.78 is 11.1. The minimum Gasteiger partial charge on any atom is -0.379 e. The third-order valence-corrected chi connectivity index (χ3v) is 3.87. The van der Waals surface area contributed by atoms with Crippen molar-refractivity contribution < 1.29 is 14.3 Å². The molecule has 0 aromatic rings. The highest BCUT2D eigenvalue weighted by molar-refractivity contribution is 5.81. The quantitative estimate of drug-likeness (QED) is 0.443. The lowest BCUT2D eigenvalue weighted by molar-refractivity contribution is -0.128. The van der Waals surface area contributed by atoms with Crippen LogP contribution in [0.1, 0.15) is 79.6 Å². The van der Waals surface area contributed by atoms with E-state index in [0.29, 0.717) is 13.2 Å². The molecule has 1 N–H and O–H groups in total. The maximum Gasteiger partial charge on any atom is 0.225 e. The SMILES string of the molecule is CC(C)CCCCCOCCOCCCCCNC(=O)C(C)(C)C. The van der Waals surface area contributed by atoms with E-state index in [4.69, 9.17) is 9.47 Å². The molecule has 0 saturated heterocycles. The van der Waals surface area contributed by atoms with Gasteiger partial charge in [-0.2, -0.15) is 0 Å². The molecule has 0 aliphatic heterocycles. The summed E-state index contributed by atoms with van der Waals surface area (Å²) in [7, 11) is 0. The third-order valence-electron chi connectivity index (χ3n) is 3.87. The van der Waals surface area contributed by atoms with E-state index in [9.17, 15) is 4.79 Å². The predicted molar refractivity (Wildman–Crippen MR) is 101 cm³/mol. The van der Waals surface area contributed by atoms with E-state index in [0.717, 1.165) is 51.4 Å². The highest BCUT2D eigenvalue weighted by atomic mass is 16.5. The predicted octanol–water partition coefficient (Wildman–Crippen LogP) is 4.57. The summed E-state index contributed by atoms with van der Waals surface area (Å²) in [6, 6.07) is 0. The van der Waals surface area contributed by atoms with Crippen LogP contribution in [0.4, 0.5) is 0 Å². The Balaban J connectivity index is 3.14. The molecule has 0 fully saturated rings. The third kappa shape index (κ3) is 16.3. The highest BCUT2D eigenvalue weighted by Crippen LogP contribution is 2.12. The van der Waals surface area contributed by atoms with Crippen LogP contribution < -0.4 is 5.32 Å². The molecular weight excluding hydrogens is 302 g/mol. The van der Waals surface area contributed by atoms with Gasteiger partial charge in [-0.05, 0) is 31.6 Å². The molecule has 0 spiro atoms. The van der Waals surface area contributed by atoms with Crippen LogP contribution in [0.15, 0.2) is 0 Å². The summed E-state index contributed by atoms with van der Waals surface area (Å²) >= 11 is 0. The fourth-order valence-electron chi connectivity index (χ4n) is 2.23. The van der Waals surface area contributed by atoms with Crippen LogP contribution in [0.2, 0.25) is 0 Å². The lowest BCUT2D eigenvalue weighted by Crippen LogP contribution is -2.35. The number of rotatable bonds is 15. The molecule has 0 saturated carbocycles. The number of hydrogen-bond donors (Lipinski definition) is 1. The Labute approximate surface area is 150 Å². The summed E-state index contributed by atoms with van der Waals surface area (Å²) in [5.41, 5.74) is -0.294. The second-order valence-corrected chi connectivity index (χ2v) is 8.03. The van der Waals surface area contributed by atoms with Crippen LogP contribution in [0, 0.1) is 11.3 Å². The summed E-state index contributed by atoms with van der Waals surface area (Å²) in [6.45, 7) is 14.1. The number of ether oxygens (including phenoxy) is 2. The first-order valence-corrected chi connectivity index (χ1v) is 9.78. The molecule has 1 amide bonds. The molecule has 0 aliphatic carbocycles. The summed E-state index contributed by atoms with van der Waals surface area (Å²) in [5.74, 6) is 0.939. The first-order valence-electron chi connectivity index (χ1n) is 9.78. The van der Waals surface area contributed by atoms with Gasteiger partial charge in [0.05, 0.1) is 13.2 Å². The Hall–Kier alpha value is -0.610. The number of hydrogen-bond acceptors (Lipinski definition) is 3. The van der Waals surface area contributed by atoms with Crippen molar-refractivity contribution in [1.82, 2.24) is 5.32 Å². The van der Waals surface area contributed by atoms with E-state index >= 15 is 0 Å². The van der Waals surface area contributed by atoms with Crippen molar-refractivity contribution in [3.05, 3.63) is 0 Å². The van der Waals surface area contributed by atoms with Crippen molar-refractivity contribution in [3.8, 4) is 0 Å². The minimum atomic E-state index is -0.294. The topological polar surface area (TPSA) is 47.6 Å². The monoisotopic (exact) mass is 343 g/mol. The lowest BCUT2D eigenvalue weighted by Gasteiger charge is -2.17. The van der Waals surface area contributed by atoms with Crippen molar-refractivity contribution in [3.63, 3.8) is 0 Å². The van der Waals surface area contributed by atoms with E-state index in [1.807, 2.05) is 20.8 Å². The van der Waals surface area contributed by atoms with Crippen LogP contribution in [0.3, 0.4) is 0 Å². The van der Waals surface area contributed by atoms with Crippen molar-refractivity contribution in [1.29, 1.82) is 0 Å². The van der Waals surface area contributed by atoms with Crippen LogP contribution >= 0.6 is 0 Å². The van der Waals surface area contributed by atoms with Crippen molar-refractivity contribution in [2.75, 3.05) is 33.0 Å². The maximum atomic E-state index is 11.7. The molecule has 0 radical (unpaired) electrons. The fourth-order valence-corrected chi connectivity index (χ4v) is 2.23. The van der Waals surface area contributed by atoms with Gasteiger partial charge < -0.3 is 14.8 Å². The molecule has 0 atom stereocenters. The highest BCUT2D eigenvalue weighted by Gasteiger charge is 2.19. The van der Waals surface area contributed by atoms with Gasteiger partial charge in [0.2, 0.25) is 5.91 Å². The molecule has 24 heavy (non-hydrogen) atoms. The first-order chi connectivity index (χ1) is 11.3. The summed E-state index contributed by atoms with van der Waals surface area (Å²) in [4.78, 5) is 11.7. The van der Waals surface area contributed by atoms with Crippen LogP contribution in [-0.2, 0) is 14.3 Å². The van der Waals surface area contributed by atoms with Gasteiger partial charge in [0.25, 0.3) is 0 Å². The Morgan fingerprint density at radius 3 is 1.88 bits per heavy atom. The van der Waals surface area contributed by atoms with E-state index in [-0.39, 0.29) is 11.3 Å². The molecule has 0 aromatic carbocycles. The Kier molecular flexibility index (Phi) is 14.3. The summed E-state index contributed by atoms with van der Waals surface area (Å²) in [6.07, 6.45) is 8.20. The molecule has 0 heterocycles. The van der Waals surface area contributed by atoms with Gasteiger partial charge in [-0.25, -0.2) is 0 Å². The molecule has 4 heteroatoms. The second-order valence-electron chi connectivity index (χ2n) is 8.03. The van der Waals surface area contributed by atoms with Crippen molar-refractivity contribution >= 4 is 5.91 Å². The number of amides is 1. The zero-order valence-corrected chi connectivity index (χ0v) is 16.8. The molecule has 0 aromatic heterocycles. The van der Waals surface area contributed by atoms with Gasteiger partial charge in [-0.3, -0.25) is 4.79 Å². The summed E-state index contributed by atoms with van der Waals surface area (Å²) in [5, 5.41) is 2.97. The van der Waals surface area contributed by atoms with Gasteiger partial charge >= 0.3 is 0 Å². The molecule has 0 aliphatic rings. The number of unbranched alkanes of at least 4 members (excludes halogenated alkanes) is 4. The zero-order chi connectivity index (χ0) is 18.3. The average Bonchev–Trinajstić information content (AvgIpc) is 2.49. The van der Waals surface area contributed by atoms with E-state index < -0.39 is 0 Å². The fraction of sp³-hybridized carbons (Fsp3) is 0.950. The van der Waals surface area contributed by atoms with E-state index in [1.54, 1.807) is 0 Å². The number of carbonyl (C=O) groups is 1. The largest absolute Gasteiger partial charge is 0.379 e. The molecule has 0 rings (SSSR count). The molecule has 144 valence electrons. The molecule has 4 nitrogen and oxygen atoms in total. The Morgan fingerprint density at radius 1 is 0.833 bits per heavy atom. The second kappa shape index (κ2) is 14.7. The van der Waals surface area contributed by atoms with Gasteiger partial charge in [0, 0.05) is 25.2 Å². The standard InChI is InChI=1S/C20H41NO3/c1-18(2)12-8-6-10-14-23-16-17-24-15-11-7-9-13-21-19(22)20(3,4)5/h18H,6-17H2,1-5H3,(H,21,22). The van der Waals surface area contributed by atoms with Crippen LogP contribution in [0.5, 0.6) is 0 Å². The van der Waals surface area contributed by atoms with E-state index in [1.165, 1.54) is 19.3 Å². The Morgan fingerprint density at radius 2 is 1.38 bits per heavy atom. The van der Waals surface area contributed by atoms with Crippen LogP contribution in [-0.4, -0.2) is 38.9 Å². The van der Waals surface area contributed by atoms with Crippen molar-refractivity contribution in [2.45, 2.75) is 79.6 Å². The van der Waals surface area contributed by atoms with Gasteiger partial charge in [0.1, 0.15) is 0 Å². The first kappa shape index (κ1) is 23.4. The van der Waals surface area contributed by atoms with Crippen LogP contribution in [0.25, 0.3) is 0 Å². The van der Waals surface area contributed by atoms with E-state index in [2.05, 4.69) is 19.2 Å². The minimum absolute atomic E-state index is 0.125.